The van der Waals surface area contributed by atoms with Gasteiger partial charge in [0.2, 0.25) is 0 Å². The molecule has 14 unspecified atom stereocenters. The second kappa shape index (κ2) is 36.4. The fourth-order valence-electron chi connectivity index (χ4n) is 13.9. The zero-order valence-corrected chi connectivity index (χ0v) is 63.1. The zero-order chi connectivity index (χ0) is 87.7. The molecule has 9 aliphatic rings. The Morgan fingerprint density at radius 3 is 0.934 bits per heavy atom. The summed E-state index contributed by atoms with van der Waals surface area (Å²) in [5.41, 5.74) is -4.71. The maximum atomic E-state index is 12.5. The number of aliphatic hydroxyl groups excluding tert-OH is 2. The highest BCUT2D eigenvalue weighted by Gasteiger charge is 2.63. The quantitative estimate of drug-likeness (QED) is 0.0240. The summed E-state index contributed by atoms with van der Waals surface area (Å²) in [4.78, 5) is 121. The number of esters is 10. The number of hydrogen-bond donors (Lipinski definition) is 17. The van der Waals surface area contributed by atoms with Gasteiger partial charge in [-0.05, 0) is 143 Å². The van der Waals surface area contributed by atoms with Crippen molar-refractivity contribution >= 4 is 96.1 Å². The molecular formula is C83H78O38. The molecule has 5 heterocycles. The minimum atomic E-state index is -2.01. The molecule has 4 saturated carbocycles. The van der Waals surface area contributed by atoms with E-state index in [0.717, 1.165) is 36.5 Å². The number of carbonyl (C=O) groups is 10. The first-order chi connectivity index (χ1) is 57.2. The molecule has 14 atom stereocenters. The summed E-state index contributed by atoms with van der Waals surface area (Å²) in [6.07, 6.45) is -0.0374. The van der Waals surface area contributed by atoms with Crippen molar-refractivity contribution in [1.82, 2.24) is 0 Å². The Bertz CT molecular complexity index is 5130. The summed E-state index contributed by atoms with van der Waals surface area (Å²) in [7, 11) is 1.41. The van der Waals surface area contributed by atoms with Gasteiger partial charge in [-0.3, -0.25) is 0 Å². The average molecular weight is 1680 g/mol. The molecule has 638 valence electrons. The summed E-state index contributed by atoms with van der Waals surface area (Å²) >= 11 is 0. The van der Waals surface area contributed by atoms with Crippen LogP contribution in [0, 0.1) is 0 Å². The van der Waals surface area contributed by atoms with Gasteiger partial charge in [-0.1, -0.05) is 36.4 Å². The van der Waals surface area contributed by atoms with Crippen molar-refractivity contribution in [1.29, 1.82) is 0 Å². The fourth-order valence-corrected chi connectivity index (χ4v) is 13.9. The lowest BCUT2D eigenvalue weighted by Crippen LogP contribution is -2.65. The van der Waals surface area contributed by atoms with Gasteiger partial charge in [0, 0.05) is 87.8 Å². The zero-order valence-electron chi connectivity index (χ0n) is 63.1. The van der Waals surface area contributed by atoms with Crippen LogP contribution < -0.4 is 4.74 Å². The van der Waals surface area contributed by atoms with Gasteiger partial charge in [0.05, 0.1) is 13.2 Å². The van der Waals surface area contributed by atoms with Gasteiger partial charge in [-0.25, -0.2) is 47.9 Å². The lowest BCUT2D eigenvalue weighted by Gasteiger charge is -2.48. The number of phenolic OH excluding ortho intramolecular Hbond substituents is 11. The standard InChI is InChI=1S/2C25H22O11.C17H18O8.C16H16O8/c26-15-5-1-13(9-17(15)28)3-7-21(30)34-19-11-25(33)12-20(35-24(25)32)23(19)36-22(31)8-4-14-2-6-16(27)18(29)10-14;26-15-5-1-13(9-17(15)28)3-7-21(30)34-19-11-25(33)12-20(23(19)36-24(25)32)35-22(31)8-4-14-2-6-16(27)18(29)10-14;1-23-11-6-9(2-4-10(11)18)3-5-14(19)24-12-7-17(22)8-13(15(12)20)25-16(17)21;17-9-3-1-8(5-10(9)18)2-4-13(20)24-14-11(19)6-16(22)7-12(14)23-15(16)21/h2*1-10,19-20,23,26-29,33H,11-12H2;2-6,12-13,15,18,20,22H,7-8H2,1H3;1-5,11-12,14,17-19,22H,6-7H2/b2*7-3+,8-4+;5-3+;4-2+. The number of methoxy groups -OCH3 is 1. The molecule has 5 aliphatic heterocycles. The molecule has 0 amide bonds. The van der Waals surface area contributed by atoms with Crippen molar-refractivity contribution in [2.24, 2.45) is 0 Å². The van der Waals surface area contributed by atoms with Crippen LogP contribution in [0.1, 0.15) is 84.7 Å². The van der Waals surface area contributed by atoms with Crippen LogP contribution in [0.4, 0.5) is 0 Å². The third kappa shape index (κ3) is 21.2. The monoisotopic (exact) mass is 1680 g/mol. The second-order valence-electron chi connectivity index (χ2n) is 28.9. The normalized spacial score (nSPS) is 27.7. The number of hydrogen-bond acceptors (Lipinski definition) is 38. The minimum Gasteiger partial charge on any atom is -0.504 e. The number of benzene rings is 6. The van der Waals surface area contributed by atoms with Gasteiger partial charge >= 0.3 is 59.7 Å². The smallest absolute Gasteiger partial charge is 0.338 e. The SMILES string of the molecule is COc1cc(/C=C/C(=O)OC2CC3(O)CC(OC3=O)C2O)ccc1O.O=C(/C=C/c1ccc(O)c(O)c1)OC1C(O)CC2(O)CC1OC2=O.O=C(/C=C/c1ccc(O)c(O)c1)OC1CC2(O)CC(OC(=O)/C=C/c3ccc(O)c(O)c3)C1OC2=O.O=C(/C=C/c1ccc(O)c(O)c1)OC1CC2(O)CC(OC2=O)C1OC(=O)/C=C/c1ccc(O)c(O)c1. The number of phenols is 11. The van der Waals surface area contributed by atoms with E-state index in [-0.39, 0.29) is 120 Å². The van der Waals surface area contributed by atoms with Gasteiger partial charge in [-0.15, -0.1) is 0 Å². The van der Waals surface area contributed by atoms with Gasteiger partial charge in [0.15, 0.2) is 110 Å². The summed E-state index contributed by atoms with van der Waals surface area (Å²) in [5.74, 6) is -11.5. The maximum Gasteiger partial charge on any atom is 0.338 e. The molecule has 5 saturated heterocycles. The van der Waals surface area contributed by atoms with Crippen molar-refractivity contribution in [3.05, 3.63) is 179 Å². The number of ether oxygens (including phenoxy) is 11. The van der Waals surface area contributed by atoms with E-state index in [1.54, 1.807) is 6.07 Å². The lowest BCUT2D eigenvalue weighted by atomic mass is 9.76. The van der Waals surface area contributed by atoms with E-state index < -0.39 is 155 Å². The van der Waals surface area contributed by atoms with Gasteiger partial charge < -0.3 is 139 Å². The fraction of sp³-hybridized carbons (Fsp3) is 0.301. The average Bonchev–Trinajstić information content (AvgIpc) is 1.56. The van der Waals surface area contributed by atoms with E-state index in [4.69, 9.17) is 52.1 Å². The third-order valence-electron chi connectivity index (χ3n) is 20.1. The number of rotatable bonds is 19. The highest BCUT2D eigenvalue weighted by atomic mass is 16.7. The molecule has 0 aromatic heterocycles. The number of carbonyl (C=O) groups excluding carboxylic acids is 10. The Kier molecular flexibility index (Phi) is 26.3. The molecule has 6 aromatic rings. The Morgan fingerprint density at radius 2 is 0.579 bits per heavy atom. The predicted octanol–water partition coefficient (Wildman–Crippen LogP) is 2.99. The summed E-state index contributed by atoms with van der Waals surface area (Å²) in [6.45, 7) is 0. The van der Waals surface area contributed by atoms with E-state index in [0.29, 0.717) is 33.4 Å². The highest BCUT2D eigenvalue weighted by Crippen LogP contribution is 2.45. The summed E-state index contributed by atoms with van der Waals surface area (Å²) < 4.78 is 56.9. The van der Waals surface area contributed by atoms with E-state index >= 15 is 0 Å². The molecule has 121 heavy (non-hydrogen) atoms. The van der Waals surface area contributed by atoms with Crippen molar-refractivity contribution in [2.45, 2.75) is 147 Å². The minimum absolute atomic E-state index is 0.00973. The van der Waals surface area contributed by atoms with Crippen molar-refractivity contribution < 1.29 is 187 Å². The number of aromatic hydroxyl groups is 11. The first-order valence-electron chi connectivity index (χ1n) is 36.6. The van der Waals surface area contributed by atoms with Crippen molar-refractivity contribution in [3.8, 4) is 69.0 Å². The van der Waals surface area contributed by atoms with Crippen LogP contribution in [-0.2, 0) is 95.3 Å². The van der Waals surface area contributed by atoms with E-state index in [9.17, 15) is 135 Å². The predicted molar refractivity (Wildman–Crippen MR) is 405 cm³/mol. The molecule has 8 bridgehead atoms. The number of aliphatic hydroxyl groups is 6. The Morgan fingerprint density at radius 1 is 0.314 bits per heavy atom. The third-order valence-corrected chi connectivity index (χ3v) is 20.1. The van der Waals surface area contributed by atoms with Crippen molar-refractivity contribution in [3.63, 3.8) is 0 Å². The molecule has 38 nitrogen and oxygen atoms in total. The van der Waals surface area contributed by atoms with Crippen LogP contribution in [0.15, 0.2) is 146 Å². The Balaban J connectivity index is 0.000000160. The van der Waals surface area contributed by atoms with Crippen LogP contribution >= 0.6 is 0 Å². The highest BCUT2D eigenvalue weighted by molar-refractivity contribution is 5.92. The van der Waals surface area contributed by atoms with E-state index in [1.807, 2.05) is 0 Å². The Labute approximate surface area is 682 Å². The maximum absolute atomic E-state index is 12.5. The first kappa shape index (κ1) is 87.7. The molecule has 0 radical (unpaired) electrons. The summed E-state index contributed by atoms with van der Waals surface area (Å²) in [5, 5.41) is 165. The molecular weight excluding hydrogens is 1600 g/mol. The molecule has 15 rings (SSSR count). The molecule has 9 fully saturated rings. The molecule has 0 spiro atoms. The van der Waals surface area contributed by atoms with Gasteiger partial charge in [-0.2, -0.15) is 0 Å². The van der Waals surface area contributed by atoms with E-state index in [1.165, 1.54) is 147 Å². The molecule has 17 N–H and O–H groups in total. The molecule has 6 aromatic carbocycles. The van der Waals surface area contributed by atoms with Crippen LogP contribution in [-0.4, -0.2) is 249 Å². The van der Waals surface area contributed by atoms with Crippen LogP contribution in [0.2, 0.25) is 0 Å². The Hall–Kier alpha value is -14.2. The van der Waals surface area contributed by atoms with E-state index in [2.05, 4.69) is 0 Å². The van der Waals surface area contributed by atoms with Crippen molar-refractivity contribution in [2.75, 3.05) is 7.11 Å². The van der Waals surface area contributed by atoms with Gasteiger partial charge in [0.25, 0.3) is 0 Å². The lowest BCUT2D eigenvalue weighted by molar-refractivity contribution is -0.247. The first-order valence-corrected chi connectivity index (χ1v) is 36.6. The summed E-state index contributed by atoms with van der Waals surface area (Å²) in [6, 6.07) is 24.2. The van der Waals surface area contributed by atoms with Crippen LogP contribution in [0.25, 0.3) is 36.5 Å². The largest absolute Gasteiger partial charge is 0.504 e. The second-order valence-corrected chi connectivity index (χ2v) is 28.9. The topological polar surface area (TPSA) is 616 Å². The van der Waals surface area contributed by atoms with Crippen LogP contribution in [0.5, 0.6) is 69.0 Å². The van der Waals surface area contributed by atoms with Crippen LogP contribution in [0.3, 0.4) is 0 Å². The molecule has 38 heteroatoms. The number of fused-ring (bicyclic) bond motifs is 9. The molecule has 4 aliphatic carbocycles. The van der Waals surface area contributed by atoms with Gasteiger partial charge in [0.1, 0.15) is 48.8 Å².